The third-order valence-electron chi connectivity index (χ3n) is 3.16. The van der Waals surface area contributed by atoms with Gasteiger partial charge in [0.25, 0.3) is 0 Å². The normalized spacial score (nSPS) is 9.91. The summed E-state index contributed by atoms with van der Waals surface area (Å²) in [6, 6.07) is 15.5. The lowest BCUT2D eigenvalue weighted by Crippen LogP contribution is -1.94. The first-order valence-corrected chi connectivity index (χ1v) is 6.37. The van der Waals surface area contributed by atoms with Gasteiger partial charge in [0.15, 0.2) is 0 Å². The van der Waals surface area contributed by atoms with Gasteiger partial charge in [-0.25, -0.2) is 4.68 Å². The van der Waals surface area contributed by atoms with Crippen LogP contribution in [0.3, 0.4) is 0 Å². The zero-order chi connectivity index (χ0) is 15.5. The molecule has 2 aromatic carbocycles. The van der Waals surface area contributed by atoms with E-state index in [1.54, 1.807) is 36.5 Å². The molecule has 3 rings (SSSR count). The molecule has 1 aromatic heterocycles. The van der Waals surface area contributed by atoms with E-state index in [1.807, 2.05) is 12.1 Å². The zero-order valence-corrected chi connectivity index (χ0v) is 11.3. The number of aromatic nitrogens is 3. The topological polar surface area (TPSA) is 98.5 Å². The molecule has 104 valence electrons. The Kier molecular flexibility index (Phi) is 3.27. The molecule has 0 atom stereocenters. The van der Waals surface area contributed by atoms with Gasteiger partial charge in [0.05, 0.1) is 35.1 Å². The van der Waals surface area contributed by atoms with E-state index in [0.29, 0.717) is 22.4 Å². The van der Waals surface area contributed by atoms with Crippen LogP contribution in [0.4, 0.5) is 0 Å². The molecule has 1 N–H and O–H groups in total. The largest absolute Gasteiger partial charge is 0.507 e. The van der Waals surface area contributed by atoms with Crippen LogP contribution in [0.1, 0.15) is 11.1 Å². The summed E-state index contributed by atoms with van der Waals surface area (Å²) in [5.74, 6) is 0.0332. The van der Waals surface area contributed by atoms with Crippen LogP contribution < -0.4 is 0 Å². The highest BCUT2D eigenvalue weighted by molar-refractivity contribution is 5.68. The molecule has 0 fully saturated rings. The van der Waals surface area contributed by atoms with Crippen LogP contribution in [0.25, 0.3) is 16.9 Å². The average molecular weight is 287 g/mol. The van der Waals surface area contributed by atoms with Gasteiger partial charge < -0.3 is 5.11 Å². The minimum atomic E-state index is 0.0332. The van der Waals surface area contributed by atoms with Crippen LogP contribution in [0, 0.1) is 22.7 Å². The van der Waals surface area contributed by atoms with E-state index in [4.69, 9.17) is 10.5 Å². The minimum Gasteiger partial charge on any atom is -0.507 e. The number of nitrogens with zero attached hydrogens (tertiary/aromatic N) is 5. The number of hydrogen-bond acceptors (Lipinski definition) is 5. The lowest BCUT2D eigenvalue weighted by Gasteiger charge is -2.01. The maximum Gasteiger partial charge on any atom is 0.125 e. The Balaban J connectivity index is 2.00. The maximum atomic E-state index is 9.91. The summed E-state index contributed by atoms with van der Waals surface area (Å²) in [6.07, 6.45) is 1.65. The van der Waals surface area contributed by atoms with Crippen LogP contribution in [0.15, 0.2) is 48.7 Å². The molecule has 1 heterocycles. The smallest absolute Gasteiger partial charge is 0.125 e. The molecule has 0 amide bonds. The number of hydrogen-bond donors (Lipinski definition) is 1. The van der Waals surface area contributed by atoms with Gasteiger partial charge in [-0.1, -0.05) is 5.21 Å². The highest BCUT2D eigenvalue weighted by atomic mass is 16.3. The average Bonchev–Trinajstić information content (AvgIpc) is 3.05. The van der Waals surface area contributed by atoms with E-state index < -0.39 is 0 Å². The Morgan fingerprint density at radius 2 is 1.64 bits per heavy atom. The Hall–Kier alpha value is -3.64. The Morgan fingerprint density at radius 1 is 0.955 bits per heavy atom. The fourth-order valence-electron chi connectivity index (χ4n) is 2.01. The molecule has 0 spiro atoms. The first-order chi connectivity index (χ1) is 10.7. The van der Waals surface area contributed by atoms with E-state index in [1.165, 1.54) is 16.8 Å². The van der Waals surface area contributed by atoms with Gasteiger partial charge in [-0.15, -0.1) is 5.10 Å². The summed E-state index contributed by atoms with van der Waals surface area (Å²) in [5.41, 5.74) is 2.63. The van der Waals surface area contributed by atoms with Gasteiger partial charge in [0.2, 0.25) is 0 Å². The Bertz CT molecular complexity index is 913. The molecule has 0 aliphatic rings. The van der Waals surface area contributed by atoms with Gasteiger partial charge in [-0.05, 0) is 42.5 Å². The molecule has 0 aliphatic carbocycles. The first-order valence-electron chi connectivity index (χ1n) is 6.37. The van der Waals surface area contributed by atoms with E-state index in [9.17, 15) is 5.11 Å². The highest BCUT2D eigenvalue weighted by Gasteiger charge is 2.10. The van der Waals surface area contributed by atoms with Crippen molar-refractivity contribution in [2.24, 2.45) is 0 Å². The van der Waals surface area contributed by atoms with E-state index >= 15 is 0 Å². The second kappa shape index (κ2) is 5.39. The second-order valence-corrected chi connectivity index (χ2v) is 4.55. The minimum absolute atomic E-state index is 0.0332. The summed E-state index contributed by atoms with van der Waals surface area (Å²) >= 11 is 0. The number of phenolic OH excluding ortho intramolecular Hbond substituents is 1. The predicted molar refractivity (Wildman–Crippen MR) is 77.9 cm³/mol. The molecule has 0 bridgehead atoms. The number of benzene rings is 2. The van der Waals surface area contributed by atoms with Crippen molar-refractivity contribution in [3.63, 3.8) is 0 Å². The SMILES string of the molecule is N#Cc1ccc(-n2cc(-c3cc(C#N)ccc3O)nn2)cc1. The fraction of sp³-hybridized carbons (Fsp3) is 0. The number of rotatable bonds is 2. The molecule has 3 aromatic rings. The van der Waals surface area contributed by atoms with Crippen LogP contribution in [0.2, 0.25) is 0 Å². The number of aromatic hydroxyl groups is 1. The number of phenols is 1. The summed E-state index contributed by atoms with van der Waals surface area (Å²) in [5, 5.41) is 35.7. The van der Waals surface area contributed by atoms with Crippen molar-refractivity contribution < 1.29 is 5.11 Å². The third kappa shape index (κ3) is 2.37. The highest BCUT2D eigenvalue weighted by Crippen LogP contribution is 2.28. The first kappa shape index (κ1) is 13.3. The van der Waals surface area contributed by atoms with Gasteiger partial charge in [0, 0.05) is 5.56 Å². The van der Waals surface area contributed by atoms with Crippen molar-refractivity contribution in [2.75, 3.05) is 0 Å². The monoisotopic (exact) mass is 287 g/mol. The van der Waals surface area contributed by atoms with Crippen molar-refractivity contribution in [3.8, 4) is 34.8 Å². The molecule has 6 nitrogen and oxygen atoms in total. The molecule has 0 saturated heterocycles. The molecule has 0 aliphatic heterocycles. The summed E-state index contributed by atoms with van der Waals surface area (Å²) in [7, 11) is 0. The summed E-state index contributed by atoms with van der Waals surface area (Å²) in [6.45, 7) is 0. The van der Waals surface area contributed by atoms with Crippen LogP contribution in [0.5, 0.6) is 5.75 Å². The van der Waals surface area contributed by atoms with Gasteiger partial charge >= 0.3 is 0 Å². The van der Waals surface area contributed by atoms with Gasteiger partial charge in [0.1, 0.15) is 11.4 Å². The molecule has 22 heavy (non-hydrogen) atoms. The summed E-state index contributed by atoms with van der Waals surface area (Å²) < 4.78 is 1.54. The number of nitriles is 2. The van der Waals surface area contributed by atoms with E-state index in [2.05, 4.69) is 10.3 Å². The van der Waals surface area contributed by atoms with Crippen molar-refractivity contribution in [3.05, 3.63) is 59.8 Å². The zero-order valence-electron chi connectivity index (χ0n) is 11.3. The Labute approximate surface area is 126 Å². The Morgan fingerprint density at radius 3 is 2.32 bits per heavy atom. The molecule has 6 heteroatoms. The van der Waals surface area contributed by atoms with Crippen molar-refractivity contribution in [2.45, 2.75) is 0 Å². The standard InChI is InChI=1S/C16H9N5O/c17-8-11-1-4-13(5-2-11)21-10-15(19-20-21)14-7-12(9-18)3-6-16(14)22/h1-7,10,22H. The quantitative estimate of drug-likeness (QED) is 0.780. The van der Waals surface area contributed by atoms with E-state index in [-0.39, 0.29) is 5.75 Å². The second-order valence-electron chi connectivity index (χ2n) is 4.55. The molecule has 0 radical (unpaired) electrons. The van der Waals surface area contributed by atoms with Crippen LogP contribution in [-0.4, -0.2) is 20.1 Å². The molecule has 0 saturated carbocycles. The van der Waals surface area contributed by atoms with Gasteiger partial charge in [-0.3, -0.25) is 0 Å². The maximum absolute atomic E-state index is 9.91. The lowest BCUT2D eigenvalue weighted by atomic mass is 10.1. The molecular formula is C16H9N5O. The van der Waals surface area contributed by atoms with Crippen molar-refractivity contribution in [1.82, 2.24) is 15.0 Å². The van der Waals surface area contributed by atoms with Crippen LogP contribution in [-0.2, 0) is 0 Å². The molecular weight excluding hydrogens is 278 g/mol. The lowest BCUT2D eigenvalue weighted by molar-refractivity contribution is 0.477. The summed E-state index contributed by atoms with van der Waals surface area (Å²) in [4.78, 5) is 0. The third-order valence-corrected chi connectivity index (χ3v) is 3.16. The molecule has 0 unspecified atom stereocenters. The predicted octanol–water partition coefficient (Wildman–Crippen LogP) is 2.38. The fourth-order valence-corrected chi connectivity index (χ4v) is 2.01. The van der Waals surface area contributed by atoms with E-state index in [0.717, 1.165) is 5.69 Å². The van der Waals surface area contributed by atoms with Crippen molar-refractivity contribution >= 4 is 0 Å². The van der Waals surface area contributed by atoms with Gasteiger partial charge in [-0.2, -0.15) is 10.5 Å². The van der Waals surface area contributed by atoms with Crippen LogP contribution >= 0.6 is 0 Å². The van der Waals surface area contributed by atoms with Crippen molar-refractivity contribution in [1.29, 1.82) is 10.5 Å².